The van der Waals surface area contributed by atoms with Crippen LogP contribution >= 0.6 is 11.8 Å². The summed E-state index contributed by atoms with van der Waals surface area (Å²) in [6.45, 7) is 1.63. The van der Waals surface area contributed by atoms with E-state index in [9.17, 15) is 14.0 Å². The van der Waals surface area contributed by atoms with Gasteiger partial charge in [-0.1, -0.05) is 30.3 Å². The third kappa shape index (κ3) is 3.54. The van der Waals surface area contributed by atoms with Crippen molar-refractivity contribution in [3.05, 3.63) is 59.9 Å². The van der Waals surface area contributed by atoms with Gasteiger partial charge >= 0.3 is 5.97 Å². The standard InChI is InChI=1S/C19H18FNO3S/c1-19(11-13-6-4-3-5-7-13)18(23)21(12-17(22)24-2)15-9-8-14(20)10-16(15)25-19/h3-10H,11-12H2,1-2H3. The summed E-state index contributed by atoms with van der Waals surface area (Å²) in [6, 6.07) is 13.9. The summed E-state index contributed by atoms with van der Waals surface area (Å²) in [7, 11) is 1.28. The summed E-state index contributed by atoms with van der Waals surface area (Å²) in [5, 5.41) is 0. The van der Waals surface area contributed by atoms with Crippen LogP contribution in [0.25, 0.3) is 0 Å². The van der Waals surface area contributed by atoms with Crippen molar-refractivity contribution in [3.63, 3.8) is 0 Å². The number of hydrogen-bond donors (Lipinski definition) is 0. The van der Waals surface area contributed by atoms with E-state index in [0.29, 0.717) is 17.0 Å². The van der Waals surface area contributed by atoms with Crippen molar-refractivity contribution in [3.8, 4) is 0 Å². The summed E-state index contributed by atoms with van der Waals surface area (Å²) in [5.41, 5.74) is 1.54. The number of ether oxygens (including phenoxy) is 1. The summed E-state index contributed by atoms with van der Waals surface area (Å²) in [4.78, 5) is 27.0. The van der Waals surface area contributed by atoms with Crippen LogP contribution in [0.5, 0.6) is 0 Å². The Morgan fingerprint density at radius 1 is 1.24 bits per heavy atom. The molecule has 1 amide bonds. The number of halogens is 1. The van der Waals surface area contributed by atoms with Crippen LogP contribution in [0, 0.1) is 5.82 Å². The van der Waals surface area contributed by atoms with Gasteiger partial charge in [-0.3, -0.25) is 14.5 Å². The molecule has 1 heterocycles. The largest absolute Gasteiger partial charge is 0.468 e. The summed E-state index contributed by atoms with van der Waals surface area (Å²) >= 11 is 1.33. The Kier molecular flexibility index (Phi) is 4.81. The first-order valence-corrected chi connectivity index (χ1v) is 8.66. The number of fused-ring (bicyclic) bond motifs is 1. The van der Waals surface area contributed by atoms with E-state index in [1.54, 1.807) is 0 Å². The molecule has 0 bridgehead atoms. The number of esters is 1. The van der Waals surface area contributed by atoms with Crippen molar-refractivity contribution in [2.45, 2.75) is 23.0 Å². The van der Waals surface area contributed by atoms with Gasteiger partial charge < -0.3 is 4.74 Å². The second kappa shape index (κ2) is 6.88. The number of benzene rings is 2. The SMILES string of the molecule is COC(=O)CN1C(=O)C(C)(Cc2ccccc2)Sc2cc(F)ccc21. The Labute approximate surface area is 150 Å². The average Bonchev–Trinajstić information content (AvgIpc) is 2.59. The maximum Gasteiger partial charge on any atom is 0.325 e. The van der Waals surface area contributed by atoms with Crippen LogP contribution in [0.15, 0.2) is 53.4 Å². The first kappa shape index (κ1) is 17.5. The average molecular weight is 359 g/mol. The maximum absolute atomic E-state index is 13.7. The smallest absolute Gasteiger partial charge is 0.325 e. The highest BCUT2D eigenvalue weighted by Gasteiger charge is 2.44. The quantitative estimate of drug-likeness (QED) is 0.785. The van der Waals surface area contributed by atoms with Crippen LogP contribution in [-0.2, 0) is 20.7 Å². The van der Waals surface area contributed by atoms with Crippen LogP contribution in [-0.4, -0.2) is 30.3 Å². The van der Waals surface area contributed by atoms with Crippen molar-refractivity contribution in [1.29, 1.82) is 0 Å². The molecule has 2 aromatic carbocycles. The normalized spacial score (nSPS) is 19.5. The molecule has 0 N–H and O–H groups in total. The molecule has 4 nitrogen and oxygen atoms in total. The number of rotatable bonds is 4. The van der Waals surface area contributed by atoms with Gasteiger partial charge in [0.1, 0.15) is 17.1 Å². The summed E-state index contributed by atoms with van der Waals surface area (Å²) < 4.78 is 17.6. The number of nitrogens with zero attached hydrogens (tertiary/aromatic N) is 1. The Balaban J connectivity index is 2.01. The van der Waals surface area contributed by atoms with Crippen molar-refractivity contribution in [2.24, 2.45) is 0 Å². The minimum atomic E-state index is -0.837. The molecule has 0 aliphatic carbocycles. The van der Waals surface area contributed by atoms with Crippen LogP contribution in [0.1, 0.15) is 12.5 Å². The molecule has 0 saturated carbocycles. The van der Waals surface area contributed by atoms with E-state index >= 15 is 0 Å². The zero-order chi connectivity index (χ0) is 18.0. The van der Waals surface area contributed by atoms with Gasteiger partial charge in [-0.25, -0.2) is 4.39 Å². The Hall–Kier alpha value is -2.34. The van der Waals surface area contributed by atoms with Gasteiger partial charge in [-0.2, -0.15) is 0 Å². The fraction of sp³-hybridized carbons (Fsp3) is 0.263. The van der Waals surface area contributed by atoms with Gasteiger partial charge in [0.05, 0.1) is 12.8 Å². The molecule has 25 heavy (non-hydrogen) atoms. The van der Waals surface area contributed by atoms with Crippen LogP contribution < -0.4 is 4.90 Å². The topological polar surface area (TPSA) is 46.6 Å². The number of carbonyl (C=O) groups is 2. The minimum Gasteiger partial charge on any atom is -0.468 e. The predicted molar refractivity (Wildman–Crippen MR) is 95.2 cm³/mol. The van der Waals surface area contributed by atoms with E-state index in [0.717, 1.165) is 5.56 Å². The van der Waals surface area contributed by atoms with Crippen LogP contribution in [0.4, 0.5) is 10.1 Å². The third-order valence-corrected chi connectivity index (χ3v) is 5.46. The molecule has 0 spiro atoms. The van der Waals surface area contributed by atoms with E-state index in [1.165, 1.54) is 42.0 Å². The first-order chi connectivity index (χ1) is 11.9. The molecule has 0 aromatic heterocycles. The molecule has 6 heteroatoms. The van der Waals surface area contributed by atoms with E-state index in [-0.39, 0.29) is 18.3 Å². The second-order valence-electron chi connectivity index (χ2n) is 6.07. The second-order valence-corrected chi connectivity index (χ2v) is 7.62. The zero-order valence-electron chi connectivity index (χ0n) is 14.0. The number of thioether (sulfide) groups is 1. The molecule has 3 rings (SSSR count). The number of carbonyl (C=O) groups excluding carboxylic acids is 2. The Morgan fingerprint density at radius 3 is 2.64 bits per heavy atom. The molecule has 0 fully saturated rings. The van der Waals surface area contributed by atoms with Gasteiger partial charge in [0.15, 0.2) is 0 Å². The molecule has 130 valence electrons. The lowest BCUT2D eigenvalue weighted by Gasteiger charge is -2.39. The molecule has 1 aliphatic heterocycles. The molecule has 1 aliphatic rings. The van der Waals surface area contributed by atoms with E-state index in [4.69, 9.17) is 4.74 Å². The third-order valence-electron chi connectivity index (χ3n) is 4.14. The fourth-order valence-electron chi connectivity index (χ4n) is 2.92. The zero-order valence-corrected chi connectivity index (χ0v) is 14.8. The van der Waals surface area contributed by atoms with Gasteiger partial charge in [0.25, 0.3) is 0 Å². The van der Waals surface area contributed by atoms with Crippen molar-refractivity contribution >= 4 is 29.3 Å². The van der Waals surface area contributed by atoms with Crippen molar-refractivity contribution in [2.75, 3.05) is 18.6 Å². The Morgan fingerprint density at radius 2 is 1.96 bits per heavy atom. The van der Waals surface area contributed by atoms with Gasteiger partial charge in [0.2, 0.25) is 5.91 Å². The van der Waals surface area contributed by atoms with E-state index < -0.39 is 10.7 Å². The molecule has 1 unspecified atom stereocenters. The van der Waals surface area contributed by atoms with Gasteiger partial charge in [-0.05, 0) is 37.1 Å². The van der Waals surface area contributed by atoms with Crippen LogP contribution in [0.3, 0.4) is 0 Å². The molecule has 0 radical (unpaired) electrons. The lowest BCUT2D eigenvalue weighted by molar-refractivity contribution is -0.140. The number of anilines is 1. The molecule has 2 aromatic rings. The number of hydrogen-bond acceptors (Lipinski definition) is 4. The molecule has 0 saturated heterocycles. The highest BCUT2D eigenvalue weighted by molar-refractivity contribution is 8.01. The summed E-state index contributed by atoms with van der Waals surface area (Å²) in [5.74, 6) is -1.08. The van der Waals surface area contributed by atoms with E-state index in [1.807, 2.05) is 37.3 Å². The van der Waals surface area contributed by atoms with Crippen molar-refractivity contribution in [1.82, 2.24) is 0 Å². The minimum absolute atomic E-state index is 0.189. The van der Waals surface area contributed by atoms with Gasteiger partial charge in [-0.15, -0.1) is 11.8 Å². The lowest BCUT2D eigenvalue weighted by atomic mass is 9.98. The maximum atomic E-state index is 13.7. The Bertz CT molecular complexity index is 812. The van der Waals surface area contributed by atoms with Crippen LogP contribution in [0.2, 0.25) is 0 Å². The van der Waals surface area contributed by atoms with E-state index in [2.05, 4.69) is 0 Å². The monoisotopic (exact) mass is 359 g/mol. The first-order valence-electron chi connectivity index (χ1n) is 7.84. The van der Waals surface area contributed by atoms with Gasteiger partial charge in [0, 0.05) is 4.90 Å². The molecule has 1 atom stereocenters. The fourth-order valence-corrected chi connectivity index (χ4v) is 4.30. The summed E-state index contributed by atoms with van der Waals surface area (Å²) in [6.07, 6.45) is 0.477. The molecular weight excluding hydrogens is 341 g/mol. The predicted octanol–water partition coefficient (Wildman–Crippen LogP) is 3.44. The lowest BCUT2D eigenvalue weighted by Crippen LogP contribution is -2.51. The number of amides is 1. The number of methoxy groups -OCH3 is 1. The highest BCUT2D eigenvalue weighted by Crippen LogP contribution is 2.47. The molecular formula is C19H18FNO3S. The van der Waals surface area contributed by atoms with Crippen molar-refractivity contribution < 1.29 is 18.7 Å². The highest BCUT2D eigenvalue weighted by atomic mass is 32.2.